The predicted octanol–water partition coefficient (Wildman–Crippen LogP) is 8.73. The topological polar surface area (TPSA) is 164 Å². The Kier molecular flexibility index (Phi) is 23.7. The summed E-state index contributed by atoms with van der Waals surface area (Å²) in [4.78, 5) is 23.2. The number of ether oxygens (including phenoxy) is 1. The molecule has 64 heavy (non-hydrogen) atoms. The fourth-order valence-electron chi connectivity index (χ4n) is 5.67. The summed E-state index contributed by atoms with van der Waals surface area (Å²) in [7, 11) is 2.35. The highest BCUT2D eigenvalue weighted by molar-refractivity contribution is 8.42. The summed E-state index contributed by atoms with van der Waals surface area (Å²) < 4.78 is 49.6. The number of thiol groups is 1. The summed E-state index contributed by atoms with van der Waals surface area (Å²) in [6.07, 6.45) is 10.3. The van der Waals surface area contributed by atoms with Gasteiger partial charge in [-0.25, -0.2) is 15.1 Å². The quantitative estimate of drug-likeness (QED) is 0.0179. The van der Waals surface area contributed by atoms with Gasteiger partial charge in [0.25, 0.3) is 0 Å². The van der Waals surface area contributed by atoms with Crippen LogP contribution in [0.25, 0.3) is 0 Å². The number of hydrogen-bond donors (Lipinski definition) is 4. The molecule has 0 saturated carbocycles. The fraction of sp³-hybridized carbons (Fsp3) is 0.436. The molecule has 0 amide bonds. The highest BCUT2D eigenvalue weighted by atomic mass is 32.7. The zero-order valence-electron chi connectivity index (χ0n) is 37.2. The van der Waals surface area contributed by atoms with Crippen molar-refractivity contribution in [2.75, 3.05) is 82.4 Å². The first-order valence-electron chi connectivity index (χ1n) is 19.8. The van der Waals surface area contributed by atoms with Gasteiger partial charge in [-0.2, -0.15) is 33.0 Å². The molecule has 0 bridgehead atoms. The molecule has 0 radical (unpaired) electrons. The third-order valence-electron chi connectivity index (χ3n) is 9.61. The minimum absolute atomic E-state index is 0.0257. The normalized spacial score (nSPS) is 16.7. The first-order valence-corrected chi connectivity index (χ1v) is 30.1. The molecule has 350 valence electrons. The van der Waals surface area contributed by atoms with Crippen LogP contribution in [0.15, 0.2) is 95.2 Å². The highest BCUT2D eigenvalue weighted by Crippen LogP contribution is 2.60. The lowest BCUT2D eigenvalue weighted by Crippen LogP contribution is -2.34. The number of hydrazone groups is 2. The van der Waals surface area contributed by atoms with Crippen molar-refractivity contribution in [1.82, 2.24) is 24.7 Å². The molecule has 0 fully saturated rings. The average Bonchev–Trinajstić information content (AvgIpc) is 3.32. The Morgan fingerprint density at radius 2 is 1.27 bits per heavy atom. The molecule has 25 heteroatoms. The first-order chi connectivity index (χ1) is 30.6. The van der Waals surface area contributed by atoms with Crippen LogP contribution < -0.4 is 19.2 Å². The lowest BCUT2D eigenvalue weighted by molar-refractivity contribution is 0.192. The minimum atomic E-state index is -3.15. The summed E-state index contributed by atoms with van der Waals surface area (Å²) in [6, 6.07) is 22.8. The molecule has 4 rings (SSSR count). The summed E-state index contributed by atoms with van der Waals surface area (Å²) in [6.45, 7) is 1.19. The van der Waals surface area contributed by atoms with Crippen molar-refractivity contribution < 1.29 is 46.2 Å². The number of benzene rings is 3. The minimum Gasteiger partial charge on any atom is -0.497 e. The van der Waals surface area contributed by atoms with Gasteiger partial charge in [0.2, 0.25) is 31.1 Å². The lowest BCUT2D eigenvalue weighted by Gasteiger charge is -2.27. The van der Waals surface area contributed by atoms with E-state index in [0.717, 1.165) is 41.8 Å². The van der Waals surface area contributed by atoms with E-state index in [4.69, 9.17) is 60.0 Å². The molecule has 0 heterocycles. The van der Waals surface area contributed by atoms with Gasteiger partial charge in [0.1, 0.15) is 5.75 Å². The van der Waals surface area contributed by atoms with Crippen molar-refractivity contribution in [3.8, 4) is 17.2 Å². The van der Waals surface area contributed by atoms with Crippen LogP contribution in [-0.2, 0) is 52.7 Å². The van der Waals surface area contributed by atoms with E-state index in [1.807, 2.05) is 96.6 Å². The van der Waals surface area contributed by atoms with Gasteiger partial charge in [0, 0.05) is 20.1 Å². The number of nitrogens with zero attached hydrogens (tertiary/aromatic N) is 6. The molecule has 0 spiro atoms. The number of nitrogens with one attached hydrogen (secondary N) is 1. The largest absolute Gasteiger partial charge is 0.540 e. The van der Waals surface area contributed by atoms with Crippen LogP contribution in [0.5, 0.6) is 17.2 Å². The highest BCUT2D eigenvalue weighted by Gasteiger charge is 2.47. The molecular weight excluding hydrogens is 978 g/mol. The van der Waals surface area contributed by atoms with E-state index in [1.165, 1.54) is 28.4 Å². The summed E-state index contributed by atoms with van der Waals surface area (Å²) >= 11 is 16.0. The Morgan fingerprint density at radius 1 is 0.750 bits per heavy atom. The monoisotopic (exact) mass is 1040 g/mol. The van der Waals surface area contributed by atoms with Gasteiger partial charge in [0.15, 0.2) is 24.1 Å². The smallest absolute Gasteiger partial charge is 0.497 e. The fourth-order valence-corrected chi connectivity index (χ4v) is 11.3. The van der Waals surface area contributed by atoms with Gasteiger partial charge in [0.05, 0.1) is 68.2 Å². The van der Waals surface area contributed by atoms with Gasteiger partial charge in [-0.15, -0.1) is 5.10 Å². The molecule has 0 aromatic heterocycles. The van der Waals surface area contributed by atoms with Crippen LogP contribution in [0.3, 0.4) is 0 Å². The van der Waals surface area contributed by atoms with Crippen LogP contribution in [-0.4, -0.2) is 130 Å². The number of hydrazine groups is 1. The second kappa shape index (κ2) is 27.7. The maximum atomic E-state index is 10.7. The maximum Gasteiger partial charge on any atom is 0.540 e. The van der Waals surface area contributed by atoms with E-state index in [2.05, 4.69) is 40.0 Å². The molecule has 5 atom stereocenters. The molecule has 1 aliphatic rings. The Labute approximate surface area is 397 Å². The number of hydrogen-bond acceptors (Lipinski definition) is 18. The van der Waals surface area contributed by atoms with Crippen LogP contribution in [0.4, 0.5) is 0 Å². The van der Waals surface area contributed by atoms with Crippen LogP contribution in [0, 0.1) is 5.92 Å². The number of rotatable bonds is 28. The van der Waals surface area contributed by atoms with E-state index in [9.17, 15) is 9.79 Å². The van der Waals surface area contributed by atoms with Crippen molar-refractivity contribution in [1.29, 1.82) is 0 Å². The van der Waals surface area contributed by atoms with Gasteiger partial charge < -0.3 is 9.26 Å². The van der Waals surface area contributed by atoms with E-state index >= 15 is 0 Å². The Balaban J connectivity index is 1.16. The zero-order valence-corrected chi connectivity index (χ0v) is 44.2. The lowest BCUT2D eigenvalue weighted by atomic mass is 9.94. The van der Waals surface area contributed by atoms with E-state index < -0.39 is 37.5 Å². The molecule has 0 saturated heterocycles. The Hall–Kier alpha value is -1.98. The maximum absolute atomic E-state index is 10.7. The number of methoxy groups -OCH3 is 1. The predicted molar refractivity (Wildman–Crippen MR) is 271 cm³/mol. The molecule has 0 aliphatic heterocycles. The van der Waals surface area contributed by atoms with Crippen molar-refractivity contribution in [3.05, 3.63) is 102 Å². The van der Waals surface area contributed by atoms with Crippen LogP contribution in [0.2, 0.25) is 0 Å². The standard InChI is InChI=1S/C39H60N7O10P5S3/c1-43(40-27-33-11-17-36(49-4)18-12-33)58(63)55-38-21-15-35(16-22-38)29-42-45(3)59(64)56-39-23-13-34(14-24-39)28-41-44(2)57(62)54-37-19-9-32(10-20-37)25-26-46(30-60(47,50-5)51-6)31-61(48,52-7)53-8/h9-15,17-21,23-24,27-28,35,38,42,47-48,63H,16,22,25-26,29-31H2,1-8H3/q+4/b40-27+,41-28+. The van der Waals surface area contributed by atoms with E-state index in [0.29, 0.717) is 30.4 Å². The Bertz CT molecular complexity index is 1970. The summed E-state index contributed by atoms with van der Waals surface area (Å²) in [5.74, 6) is 2.39. The third-order valence-corrected chi connectivity index (χ3v) is 19.4. The molecule has 3 aromatic carbocycles. The van der Waals surface area contributed by atoms with Crippen molar-refractivity contribution in [3.63, 3.8) is 0 Å². The molecular formula is C39H60N7O10P5S3+4. The third kappa shape index (κ3) is 18.6. The molecule has 17 nitrogen and oxygen atoms in total. The van der Waals surface area contributed by atoms with Gasteiger partial charge in [-0.1, -0.05) is 41.3 Å². The first kappa shape index (κ1) is 54.6. The van der Waals surface area contributed by atoms with Crippen molar-refractivity contribution in [2.24, 2.45) is 16.1 Å². The van der Waals surface area contributed by atoms with Crippen molar-refractivity contribution in [2.45, 2.75) is 25.4 Å². The molecule has 3 aromatic rings. The molecule has 3 N–H and O–H groups in total. The van der Waals surface area contributed by atoms with Crippen LogP contribution in [0.1, 0.15) is 29.5 Å². The van der Waals surface area contributed by atoms with Gasteiger partial charge in [-0.05, 0) is 107 Å². The summed E-state index contributed by atoms with van der Waals surface area (Å²) in [5.41, 5.74) is 6.23. The van der Waals surface area contributed by atoms with Gasteiger partial charge >= 0.3 is 30.0 Å². The van der Waals surface area contributed by atoms with E-state index in [-0.39, 0.29) is 18.7 Å². The zero-order chi connectivity index (χ0) is 46.7. The Morgan fingerprint density at radius 3 is 1.78 bits per heavy atom. The second-order valence-corrected chi connectivity index (χ2v) is 25.3. The van der Waals surface area contributed by atoms with E-state index in [1.54, 1.807) is 36.1 Å². The average molecular weight is 1040 g/mol. The van der Waals surface area contributed by atoms with Gasteiger partial charge in [-0.3, -0.25) is 9.05 Å². The SMILES string of the molecule is COc1ccc(/C=N/N(C)P(S)OC2C=CC(CNN(C)[P+](=S)Oc3ccc(/C=N/N(C)[P+](=S)Oc4ccc(CCN(C[P+](O)(OC)OC)C[P+](O)(OC)OC)cc4)cc3)CC2)cc1. The van der Waals surface area contributed by atoms with Crippen molar-refractivity contribution >= 4 is 85.8 Å². The molecule has 1 aliphatic carbocycles. The van der Waals surface area contributed by atoms with Crippen LogP contribution >= 0.6 is 49.8 Å². The summed E-state index contributed by atoms with van der Waals surface area (Å²) in [5, 5.41) is 8.99. The second-order valence-electron chi connectivity index (χ2n) is 14.0. The molecule has 5 unspecified atom stereocenters.